The van der Waals surface area contributed by atoms with Crippen molar-refractivity contribution < 1.29 is 23.2 Å². The van der Waals surface area contributed by atoms with E-state index in [4.69, 9.17) is 4.42 Å². The van der Waals surface area contributed by atoms with Gasteiger partial charge in [0.25, 0.3) is 11.8 Å². The number of furan rings is 1. The third-order valence-corrected chi connectivity index (χ3v) is 6.86. The monoisotopic (exact) mass is 497 g/mol. The van der Waals surface area contributed by atoms with Crippen LogP contribution in [-0.4, -0.2) is 30.3 Å². The lowest BCUT2D eigenvalue weighted by atomic mass is 9.95. The van der Waals surface area contributed by atoms with Crippen LogP contribution in [0.4, 0.5) is 10.1 Å². The summed E-state index contributed by atoms with van der Waals surface area (Å²) in [7, 11) is 0. The first-order valence-corrected chi connectivity index (χ1v) is 12.6. The molecule has 1 aliphatic carbocycles. The Bertz CT molecular complexity index is 1170. The van der Waals surface area contributed by atoms with Crippen LogP contribution in [-0.2, 0) is 9.59 Å². The topological polar surface area (TPSA) is 91.7 Å². The highest BCUT2D eigenvalue weighted by Crippen LogP contribution is 2.30. The number of hydrogen-bond donors (Lipinski definition) is 2. The quantitative estimate of drug-likeness (QED) is 0.470. The minimum absolute atomic E-state index is 0.00204. The van der Waals surface area contributed by atoms with E-state index in [2.05, 4.69) is 10.6 Å². The van der Waals surface area contributed by atoms with Crippen LogP contribution in [0.2, 0.25) is 0 Å². The van der Waals surface area contributed by atoms with Crippen molar-refractivity contribution in [2.75, 3.05) is 11.4 Å². The molecular formula is C26H28FN3O4S. The Kier molecular flexibility index (Phi) is 7.97. The lowest BCUT2D eigenvalue weighted by Crippen LogP contribution is -2.49. The van der Waals surface area contributed by atoms with Gasteiger partial charge in [0.2, 0.25) is 5.91 Å². The van der Waals surface area contributed by atoms with Crippen molar-refractivity contribution in [1.29, 1.82) is 0 Å². The molecule has 9 heteroatoms. The lowest BCUT2D eigenvalue weighted by molar-refractivity contribution is -0.127. The molecule has 3 amide bonds. The molecule has 1 saturated carbocycles. The number of anilines is 1. The fraction of sp³-hybridized carbons (Fsp3) is 0.346. The van der Waals surface area contributed by atoms with Crippen LogP contribution in [0.15, 0.2) is 58.3 Å². The molecule has 7 nitrogen and oxygen atoms in total. The van der Waals surface area contributed by atoms with Crippen molar-refractivity contribution in [3.63, 3.8) is 0 Å². The Labute approximate surface area is 207 Å². The zero-order chi connectivity index (χ0) is 24.8. The van der Waals surface area contributed by atoms with Crippen LogP contribution >= 0.6 is 11.3 Å². The molecular weight excluding hydrogens is 469 g/mol. The second-order valence-electron chi connectivity index (χ2n) is 8.60. The van der Waals surface area contributed by atoms with Crippen molar-refractivity contribution in [3.05, 3.63) is 76.1 Å². The molecule has 4 rings (SSSR count). The van der Waals surface area contributed by atoms with E-state index in [0.29, 0.717) is 10.6 Å². The summed E-state index contributed by atoms with van der Waals surface area (Å²) in [6, 6.07) is 11.1. The first-order chi connectivity index (χ1) is 16.9. The van der Waals surface area contributed by atoms with Gasteiger partial charge in [0.05, 0.1) is 11.4 Å². The van der Waals surface area contributed by atoms with Gasteiger partial charge in [-0.25, -0.2) is 4.39 Å². The van der Waals surface area contributed by atoms with E-state index in [-0.39, 0.29) is 24.0 Å². The molecule has 0 saturated heterocycles. The maximum absolute atomic E-state index is 14.2. The minimum Gasteiger partial charge on any atom is -0.464 e. The average molecular weight is 498 g/mol. The van der Waals surface area contributed by atoms with Crippen LogP contribution < -0.4 is 15.5 Å². The van der Waals surface area contributed by atoms with Crippen LogP contribution in [0, 0.1) is 12.7 Å². The molecule has 1 aliphatic rings. The summed E-state index contributed by atoms with van der Waals surface area (Å²) < 4.78 is 20.0. The molecule has 35 heavy (non-hydrogen) atoms. The third-order valence-electron chi connectivity index (χ3n) is 5.99. The summed E-state index contributed by atoms with van der Waals surface area (Å²) in [4.78, 5) is 41.2. The van der Waals surface area contributed by atoms with Gasteiger partial charge in [-0.3, -0.25) is 19.3 Å². The summed E-state index contributed by atoms with van der Waals surface area (Å²) in [6.45, 7) is 1.37. The van der Waals surface area contributed by atoms with Crippen LogP contribution in [0.1, 0.15) is 59.3 Å². The van der Waals surface area contributed by atoms with Gasteiger partial charge in [0.15, 0.2) is 6.04 Å². The Balaban J connectivity index is 1.65. The molecule has 2 heterocycles. The number of hydrogen-bond acceptors (Lipinski definition) is 5. The second-order valence-corrected chi connectivity index (χ2v) is 9.55. The van der Waals surface area contributed by atoms with Crippen LogP contribution in [0.25, 0.3) is 0 Å². The van der Waals surface area contributed by atoms with Crippen molar-refractivity contribution in [2.45, 2.75) is 51.1 Å². The van der Waals surface area contributed by atoms with Crippen LogP contribution in [0.5, 0.6) is 0 Å². The molecule has 0 unspecified atom stereocenters. The number of thiophene rings is 1. The number of rotatable bonds is 8. The predicted octanol–water partition coefficient (Wildman–Crippen LogP) is 4.74. The lowest BCUT2D eigenvalue weighted by Gasteiger charge is -2.32. The predicted molar refractivity (Wildman–Crippen MR) is 132 cm³/mol. The van der Waals surface area contributed by atoms with Gasteiger partial charge in [0, 0.05) is 11.7 Å². The fourth-order valence-electron chi connectivity index (χ4n) is 4.30. The van der Waals surface area contributed by atoms with Gasteiger partial charge in [-0.15, -0.1) is 11.3 Å². The summed E-state index contributed by atoms with van der Waals surface area (Å²) in [5, 5.41) is 7.43. The van der Waals surface area contributed by atoms with Crippen molar-refractivity contribution >= 4 is 34.7 Å². The number of halogens is 1. The molecule has 1 fully saturated rings. The summed E-state index contributed by atoms with van der Waals surface area (Å²) in [6.07, 6.45) is 4.90. The first kappa shape index (κ1) is 24.7. The van der Waals surface area contributed by atoms with Gasteiger partial charge in [-0.05, 0) is 61.5 Å². The number of aryl methyl sites for hydroxylation is 1. The highest BCUT2D eigenvalue weighted by atomic mass is 32.1. The average Bonchev–Trinajstić information content (AvgIpc) is 3.53. The highest BCUT2D eigenvalue weighted by molar-refractivity contribution is 7.12. The summed E-state index contributed by atoms with van der Waals surface area (Å²) >= 11 is 1.25. The molecule has 1 atom stereocenters. The van der Waals surface area contributed by atoms with Gasteiger partial charge in [-0.1, -0.05) is 31.4 Å². The molecule has 2 N–H and O–H groups in total. The molecule has 3 aromatic rings. The second kappa shape index (κ2) is 11.3. The van der Waals surface area contributed by atoms with Gasteiger partial charge < -0.3 is 15.1 Å². The van der Waals surface area contributed by atoms with E-state index in [9.17, 15) is 18.8 Å². The Morgan fingerprint density at radius 3 is 2.57 bits per heavy atom. The smallest absolute Gasteiger partial charge is 0.261 e. The maximum atomic E-state index is 14.2. The van der Waals surface area contributed by atoms with Gasteiger partial charge >= 0.3 is 0 Å². The fourth-order valence-corrected chi connectivity index (χ4v) is 4.94. The number of carbonyl (C=O) groups is 3. The van der Waals surface area contributed by atoms with Gasteiger partial charge in [-0.2, -0.15) is 0 Å². The Hall–Kier alpha value is -3.46. The van der Waals surface area contributed by atoms with E-state index < -0.39 is 29.6 Å². The van der Waals surface area contributed by atoms with Gasteiger partial charge in [0.1, 0.15) is 17.3 Å². The van der Waals surface area contributed by atoms with Crippen molar-refractivity contribution in [3.8, 4) is 0 Å². The van der Waals surface area contributed by atoms with Crippen molar-refractivity contribution in [2.24, 2.45) is 0 Å². The molecule has 0 radical (unpaired) electrons. The number of nitrogens with one attached hydrogen (secondary N) is 2. The zero-order valence-corrected chi connectivity index (χ0v) is 20.3. The molecule has 1 aromatic carbocycles. The summed E-state index contributed by atoms with van der Waals surface area (Å²) in [5.74, 6) is -1.09. The Morgan fingerprint density at radius 2 is 1.91 bits per heavy atom. The molecule has 0 aliphatic heterocycles. The number of carbonyl (C=O) groups excluding carboxylic acids is 3. The SMILES string of the molecule is Cc1ccc([C@H](C(=O)NC2CCCCC2)N(C(=O)CNC(=O)c2cccs2)c2cccc(F)c2)o1. The van der Waals surface area contributed by atoms with E-state index in [1.165, 1.54) is 34.4 Å². The number of amides is 3. The van der Waals surface area contributed by atoms with E-state index in [1.54, 1.807) is 42.6 Å². The standard InChI is InChI=1S/C26H28FN3O4S/c1-17-12-13-21(34-17)24(26(33)29-19-8-3-2-4-9-19)30(20-10-5-7-18(27)15-20)23(31)16-28-25(32)22-11-6-14-35-22/h5-7,10-15,19,24H,2-4,8-9,16H2,1H3,(H,28,32)(H,29,33)/t24-/m1/s1. The Morgan fingerprint density at radius 1 is 1.11 bits per heavy atom. The molecule has 0 spiro atoms. The number of nitrogens with zero attached hydrogens (tertiary/aromatic N) is 1. The van der Waals surface area contributed by atoms with E-state index >= 15 is 0 Å². The van der Waals surface area contributed by atoms with Crippen molar-refractivity contribution in [1.82, 2.24) is 10.6 Å². The third kappa shape index (κ3) is 6.16. The zero-order valence-electron chi connectivity index (χ0n) is 19.5. The minimum atomic E-state index is -1.17. The first-order valence-electron chi connectivity index (χ1n) is 11.7. The molecule has 184 valence electrons. The largest absolute Gasteiger partial charge is 0.464 e. The van der Waals surface area contributed by atoms with Crippen LogP contribution in [0.3, 0.4) is 0 Å². The maximum Gasteiger partial charge on any atom is 0.261 e. The van der Waals surface area contributed by atoms with E-state index in [0.717, 1.165) is 32.1 Å². The van der Waals surface area contributed by atoms with E-state index in [1.807, 2.05) is 0 Å². The molecule has 2 aromatic heterocycles. The summed E-state index contributed by atoms with van der Waals surface area (Å²) in [5.41, 5.74) is 0.193. The number of benzene rings is 1. The molecule has 0 bridgehead atoms. The normalized spacial score (nSPS) is 14.8. The highest BCUT2D eigenvalue weighted by Gasteiger charge is 2.36.